The van der Waals surface area contributed by atoms with Crippen LogP contribution >= 0.6 is 0 Å². The van der Waals surface area contributed by atoms with Crippen molar-refractivity contribution < 1.29 is 4.74 Å². The number of hydrogen-bond donors (Lipinski definition) is 1. The monoisotopic (exact) mass is 258 g/mol. The predicted molar refractivity (Wildman–Crippen MR) is 78.9 cm³/mol. The van der Waals surface area contributed by atoms with Crippen LogP contribution < -0.4 is 10.5 Å². The van der Waals surface area contributed by atoms with E-state index in [4.69, 9.17) is 10.5 Å². The van der Waals surface area contributed by atoms with Gasteiger partial charge in [0.1, 0.15) is 5.75 Å². The van der Waals surface area contributed by atoms with E-state index < -0.39 is 0 Å². The molecule has 0 saturated heterocycles. The largest absolute Gasteiger partial charge is 0.497 e. The van der Waals surface area contributed by atoms with Gasteiger partial charge in [0.15, 0.2) is 0 Å². The van der Waals surface area contributed by atoms with Crippen molar-refractivity contribution in [1.29, 1.82) is 0 Å². The Balaban J connectivity index is 2.38. The van der Waals surface area contributed by atoms with Crippen molar-refractivity contribution in [2.24, 2.45) is 12.8 Å². The lowest BCUT2D eigenvalue weighted by Crippen LogP contribution is -2.20. The van der Waals surface area contributed by atoms with Gasteiger partial charge in [0, 0.05) is 30.1 Å². The third-order valence-electron chi connectivity index (χ3n) is 4.75. The lowest BCUT2D eigenvalue weighted by molar-refractivity contribution is 0.415. The van der Waals surface area contributed by atoms with Gasteiger partial charge in [-0.15, -0.1) is 0 Å². The van der Waals surface area contributed by atoms with Crippen molar-refractivity contribution in [2.45, 2.75) is 32.1 Å². The maximum Gasteiger partial charge on any atom is 0.119 e. The molecule has 1 aromatic carbocycles. The first-order valence-corrected chi connectivity index (χ1v) is 6.88. The Morgan fingerprint density at radius 3 is 2.53 bits per heavy atom. The summed E-state index contributed by atoms with van der Waals surface area (Å²) in [5.41, 5.74) is 11.6. The number of hydrogen-bond acceptors (Lipinski definition) is 2. The lowest BCUT2D eigenvalue weighted by atomic mass is 9.92. The fourth-order valence-corrected chi connectivity index (χ4v) is 3.41. The number of nitrogens with two attached hydrogens (primary N) is 1. The standard InChI is InChI=1S/C16H22N2O/c1-10-7-12(19-4)8-13-14(16(9-17)5-6-16)11(2)18(3)15(10)13/h7-8H,5-6,9,17H2,1-4H3. The molecule has 0 atom stereocenters. The minimum atomic E-state index is 0.211. The van der Waals surface area contributed by atoms with E-state index in [9.17, 15) is 0 Å². The Morgan fingerprint density at radius 2 is 2.00 bits per heavy atom. The summed E-state index contributed by atoms with van der Waals surface area (Å²) in [7, 11) is 3.87. The first-order chi connectivity index (χ1) is 9.04. The maximum absolute atomic E-state index is 6.04. The Hall–Kier alpha value is -1.48. The highest BCUT2D eigenvalue weighted by Crippen LogP contribution is 2.52. The summed E-state index contributed by atoms with van der Waals surface area (Å²) < 4.78 is 7.73. The van der Waals surface area contributed by atoms with Gasteiger partial charge in [-0.1, -0.05) is 0 Å². The maximum atomic E-state index is 6.04. The van der Waals surface area contributed by atoms with Crippen LogP contribution in [0.2, 0.25) is 0 Å². The second-order valence-corrected chi connectivity index (χ2v) is 5.84. The predicted octanol–water partition coefficient (Wildman–Crippen LogP) is 2.79. The molecule has 1 fully saturated rings. The quantitative estimate of drug-likeness (QED) is 0.919. The topological polar surface area (TPSA) is 40.2 Å². The number of benzene rings is 1. The summed E-state index contributed by atoms with van der Waals surface area (Å²) in [4.78, 5) is 0. The molecule has 2 aromatic rings. The van der Waals surface area contributed by atoms with Crippen LogP contribution in [-0.2, 0) is 12.5 Å². The van der Waals surface area contributed by atoms with E-state index in [0.29, 0.717) is 0 Å². The Bertz CT molecular complexity index is 651. The zero-order valence-electron chi connectivity index (χ0n) is 12.2. The molecule has 3 rings (SSSR count). The highest BCUT2D eigenvalue weighted by atomic mass is 16.5. The molecule has 3 heteroatoms. The molecule has 1 saturated carbocycles. The van der Waals surface area contributed by atoms with Crippen LogP contribution in [-0.4, -0.2) is 18.2 Å². The average molecular weight is 258 g/mol. The zero-order chi connectivity index (χ0) is 13.8. The van der Waals surface area contributed by atoms with Crippen LogP contribution in [0, 0.1) is 13.8 Å². The average Bonchev–Trinajstić information content (AvgIpc) is 3.14. The molecular weight excluding hydrogens is 236 g/mol. The molecule has 102 valence electrons. The molecule has 0 unspecified atom stereocenters. The first-order valence-electron chi connectivity index (χ1n) is 6.88. The van der Waals surface area contributed by atoms with Crippen molar-refractivity contribution in [3.8, 4) is 5.75 Å². The van der Waals surface area contributed by atoms with E-state index in [1.54, 1.807) is 7.11 Å². The molecule has 1 aromatic heterocycles. The minimum absolute atomic E-state index is 0.211. The Kier molecular flexibility index (Phi) is 2.65. The molecule has 0 radical (unpaired) electrons. The second kappa shape index (κ2) is 4.01. The van der Waals surface area contributed by atoms with Crippen LogP contribution in [0.4, 0.5) is 0 Å². The molecule has 0 bridgehead atoms. The van der Waals surface area contributed by atoms with Gasteiger partial charge in [-0.25, -0.2) is 0 Å². The molecule has 0 spiro atoms. The SMILES string of the molecule is COc1cc(C)c2c(c1)c(C1(CN)CC1)c(C)n2C. The van der Waals surface area contributed by atoms with Gasteiger partial charge in [-0.3, -0.25) is 0 Å². The van der Waals surface area contributed by atoms with Gasteiger partial charge in [0.25, 0.3) is 0 Å². The molecule has 1 aliphatic rings. The van der Waals surface area contributed by atoms with Gasteiger partial charge in [-0.2, -0.15) is 0 Å². The first kappa shape index (κ1) is 12.5. The smallest absolute Gasteiger partial charge is 0.119 e. The molecule has 2 N–H and O–H groups in total. The van der Waals surface area contributed by atoms with E-state index in [1.807, 2.05) is 0 Å². The molecule has 0 amide bonds. The molecule has 3 nitrogen and oxygen atoms in total. The molecule has 1 aliphatic carbocycles. The number of rotatable bonds is 3. The van der Waals surface area contributed by atoms with E-state index in [1.165, 1.54) is 40.6 Å². The summed E-state index contributed by atoms with van der Waals surface area (Å²) in [6, 6.07) is 4.27. The third kappa shape index (κ3) is 1.61. The Morgan fingerprint density at radius 1 is 1.32 bits per heavy atom. The van der Waals surface area contributed by atoms with Crippen LogP contribution in [0.3, 0.4) is 0 Å². The van der Waals surface area contributed by atoms with Crippen LogP contribution in [0.15, 0.2) is 12.1 Å². The van der Waals surface area contributed by atoms with Crippen LogP contribution in [0.25, 0.3) is 10.9 Å². The third-order valence-corrected chi connectivity index (χ3v) is 4.75. The number of fused-ring (bicyclic) bond motifs is 1. The van der Waals surface area contributed by atoms with Gasteiger partial charge in [0.2, 0.25) is 0 Å². The molecule has 19 heavy (non-hydrogen) atoms. The zero-order valence-corrected chi connectivity index (χ0v) is 12.2. The highest BCUT2D eigenvalue weighted by molar-refractivity contribution is 5.91. The lowest BCUT2D eigenvalue weighted by Gasteiger charge is -2.14. The van der Waals surface area contributed by atoms with Crippen molar-refractivity contribution in [1.82, 2.24) is 4.57 Å². The van der Waals surface area contributed by atoms with Gasteiger partial charge in [-0.05, 0) is 49.9 Å². The van der Waals surface area contributed by atoms with Crippen molar-refractivity contribution in [3.63, 3.8) is 0 Å². The normalized spacial score (nSPS) is 16.9. The summed E-state index contributed by atoms with van der Waals surface area (Å²) in [5.74, 6) is 0.935. The fourth-order valence-electron chi connectivity index (χ4n) is 3.41. The second-order valence-electron chi connectivity index (χ2n) is 5.84. The summed E-state index contributed by atoms with van der Waals surface area (Å²) in [6.45, 7) is 5.09. The highest BCUT2D eigenvalue weighted by Gasteiger charge is 2.46. The van der Waals surface area contributed by atoms with E-state index in [2.05, 4.69) is 37.6 Å². The summed E-state index contributed by atoms with van der Waals surface area (Å²) in [5, 5.41) is 1.32. The van der Waals surface area contributed by atoms with Crippen molar-refractivity contribution in [3.05, 3.63) is 29.0 Å². The number of aromatic nitrogens is 1. The number of methoxy groups -OCH3 is 1. The van der Waals surface area contributed by atoms with Crippen LogP contribution in [0.1, 0.15) is 29.7 Å². The summed E-state index contributed by atoms with van der Waals surface area (Å²) >= 11 is 0. The van der Waals surface area contributed by atoms with Gasteiger partial charge < -0.3 is 15.0 Å². The van der Waals surface area contributed by atoms with Crippen molar-refractivity contribution in [2.75, 3.05) is 13.7 Å². The number of nitrogens with zero attached hydrogens (tertiary/aromatic N) is 1. The molecule has 1 heterocycles. The van der Waals surface area contributed by atoms with Gasteiger partial charge >= 0.3 is 0 Å². The fraction of sp³-hybridized carbons (Fsp3) is 0.500. The van der Waals surface area contributed by atoms with Gasteiger partial charge in [0.05, 0.1) is 12.6 Å². The van der Waals surface area contributed by atoms with E-state index in [0.717, 1.165) is 12.3 Å². The van der Waals surface area contributed by atoms with E-state index in [-0.39, 0.29) is 5.41 Å². The minimum Gasteiger partial charge on any atom is -0.497 e. The molecular formula is C16H22N2O. The summed E-state index contributed by atoms with van der Waals surface area (Å²) in [6.07, 6.45) is 2.42. The van der Waals surface area contributed by atoms with Crippen LogP contribution in [0.5, 0.6) is 5.75 Å². The van der Waals surface area contributed by atoms with Crippen molar-refractivity contribution >= 4 is 10.9 Å². The Labute approximate surface area is 114 Å². The molecule has 0 aliphatic heterocycles. The number of aryl methyl sites for hydroxylation is 2. The van der Waals surface area contributed by atoms with E-state index >= 15 is 0 Å². The number of ether oxygens (including phenoxy) is 1.